The van der Waals surface area contributed by atoms with Crippen molar-refractivity contribution in [3.05, 3.63) is 0 Å². The fourth-order valence-electron chi connectivity index (χ4n) is 4.60. The minimum atomic E-state index is 0.0273. The summed E-state index contributed by atoms with van der Waals surface area (Å²) in [7, 11) is 0. The number of carbonyl (C=O) groups excluding carboxylic acids is 2. The Morgan fingerprint density at radius 1 is 1.00 bits per heavy atom. The van der Waals surface area contributed by atoms with Crippen molar-refractivity contribution in [3.63, 3.8) is 0 Å². The van der Waals surface area contributed by atoms with E-state index in [1.165, 1.54) is 32.4 Å². The Bertz CT molecular complexity index is 484. The number of rotatable bonds is 7. The topological polar surface area (TPSA) is 43.9 Å². The van der Waals surface area contributed by atoms with Crippen LogP contribution in [0, 0.1) is 11.8 Å². The number of hydrogen-bond acceptors (Lipinski definition) is 3. The van der Waals surface area contributed by atoms with Gasteiger partial charge in [0.25, 0.3) is 0 Å². The predicted octanol–water partition coefficient (Wildman–Crippen LogP) is 2.75. The van der Waals surface area contributed by atoms with E-state index in [9.17, 15) is 9.59 Å². The lowest BCUT2D eigenvalue weighted by Crippen LogP contribution is -2.54. The monoisotopic (exact) mass is 363 g/mol. The van der Waals surface area contributed by atoms with Gasteiger partial charge in [-0.25, -0.2) is 0 Å². The Morgan fingerprint density at radius 2 is 1.73 bits per heavy atom. The Balaban J connectivity index is 1.56. The zero-order chi connectivity index (χ0) is 18.5. The fraction of sp³-hybridized carbons (Fsp3) is 0.905. The first-order valence-electron chi connectivity index (χ1n) is 10.9. The van der Waals surface area contributed by atoms with E-state index in [-0.39, 0.29) is 23.8 Å². The molecule has 3 fully saturated rings. The van der Waals surface area contributed by atoms with Crippen LogP contribution >= 0.6 is 0 Å². The number of carbonyl (C=O) groups is 2. The van der Waals surface area contributed by atoms with Crippen LogP contribution in [0.3, 0.4) is 0 Å². The van der Waals surface area contributed by atoms with Crippen molar-refractivity contribution in [2.75, 3.05) is 39.3 Å². The van der Waals surface area contributed by atoms with E-state index in [0.717, 1.165) is 58.3 Å². The lowest BCUT2D eigenvalue weighted by molar-refractivity contribution is -0.145. The third-order valence-corrected chi connectivity index (χ3v) is 6.45. The Morgan fingerprint density at radius 3 is 2.35 bits per heavy atom. The number of hydrogen-bond donors (Lipinski definition) is 0. The van der Waals surface area contributed by atoms with E-state index in [2.05, 4.69) is 14.7 Å². The second-order valence-corrected chi connectivity index (χ2v) is 8.80. The highest BCUT2D eigenvalue weighted by atomic mass is 16.2. The minimum absolute atomic E-state index is 0.0273. The second kappa shape index (κ2) is 9.20. The first-order chi connectivity index (χ1) is 12.6. The van der Waals surface area contributed by atoms with Crippen LogP contribution in [0.2, 0.25) is 0 Å². The maximum Gasteiger partial charge on any atom is 0.225 e. The molecule has 0 aromatic heterocycles. The van der Waals surface area contributed by atoms with Crippen LogP contribution in [0.4, 0.5) is 0 Å². The SMILES string of the molecule is CC(C)C(=O)N(CCCN1CCCC1)[C@H]1CCCN(C(=O)C2CCC2)C1. The summed E-state index contributed by atoms with van der Waals surface area (Å²) in [5, 5.41) is 0. The predicted molar refractivity (Wildman–Crippen MR) is 104 cm³/mol. The molecule has 0 aromatic carbocycles. The molecule has 0 radical (unpaired) electrons. The summed E-state index contributed by atoms with van der Waals surface area (Å²) in [5.41, 5.74) is 0. The third-order valence-electron chi connectivity index (χ3n) is 6.45. The van der Waals surface area contributed by atoms with Crippen LogP contribution in [0.15, 0.2) is 0 Å². The molecule has 5 nitrogen and oxygen atoms in total. The summed E-state index contributed by atoms with van der Waals surface area (Å²) in [6.45, 7) is 9.98. The number of nitrogens with zero attached hydrogens (tertiary/aromatic N) is 3. The third kappa shape index (κ3) is 4.79. The highest BCUT2D eigenvalue weighted by Gasteiger charge is 2.35. The Hall–Kier alpha value is -1.10. The number of amides is 2. The van der Waals surface area contributed by atoms with E-state index in [1.54, 1.807) is 0 Å². The molecule has 3 rings (SSSR count). The second-order valence-electron chi connectivity index (χ2n) is 8.80. The molecule has 1 aliphatic carbocycles. The molecule has 2 saturated heterocycles. The van der Waals surface area contributed by atoms with Gasteiger partial charge < -0.3 is 14.7 Å². The van der Waals surface area contributed by atoms with Gasteiger partial charge in [0.1, 0.15) is 0 Å². The van der Waals surface area contributed by atoms with Gasteiger partial charge in [-0.2, -0.15) is 0 Å². The summed E-state index contributed by atoms with van der Waals surface area (Å²) in [6, 6.07) is 0.209. The lowest BCUT2D eigenvalue weighted by atomic mass is 9.84. The quantitative estimate of drug-likeness (QED) is 0.699. The summed E-state index contributed by atoms with van der Waals surface area (Å²) >= 11 is 0. The van der Waals surface area contributed by atoms with Gasteiger partial charge in [0, 0.05) is 37.5 Å². The van der Waals surface area contributed by atoms with Crippen LogP contribution in [0.5, 0.6) is 0 Å². The number of piperidine rings is 1. The lowest BCUT2D eigenvalue weighted by Gasteiger charge is -2.42. The van der Waals surface area contributed by atoms with Crippen molar-refractivity contribution in [2.45, 2.75) is 71.3 Å². The largest absolute Gasteiger partial charge is 0.340 e. The normalized spacial score (nSPS) is 24.7. The zero-order valence-electron chi connectivity index (χ0n) is 16.8. The van der Waals surface area contributed by atoms with Crippen LogP contribution < -0.4 is 0 Å². The van der Waals surface area contributed by atoms with Crippen molar-refractivity contribution in [1.29, 1.82) is 0 Å². The molecule has 0 unspecified atom stereocenters. The first-order valence-corrected chi connectivity index (χ1v) is 10.9. The molecule has 2 aliphatic heterocycles. The van der Waals surface area contributed by atoms with Crippen LogP contribution in [-0.4, -0.2) is 71.8 Å². The molecular formula is C21H37N3O2. The molecule has 1 atom stereocenters. The first kappa shape index (κ1) is 19.7. The van der Waals surface area contributed by atoms with Crippen molar-refractivity contribution < 1.29 is 9.59 Å². The van der Waals surface area contributed by atoms with Gasteiger partial charge in [0.05, 0.1) is 0 Å². The van der Waals surface area contributed by atoms with Gasteiger partial charge in [-0.3, -0.25) is 9.59 Å². The van der Waals surface area contributed by atoms with Crippen LogP contribution in [-0.2, 0) is 9.59 Å². The van der Waals surface area contributed by atoms with Crippen LogP contribution in [0.25, 0.3) is 0 Å². The van der Waals surface area contributed by atoms with Crippen molar-refractivity contribution in [1.82, 2.24) is 14.7 Å². The van der Waals surface area contributed by atoms with Gasteiger partial charge in [0.15, 0.2) is 0 Å². The van der Waals surface area contributed by atoms with Gasteiger partial charge in [0.2, 0.25) is 11.8 Å². The van der Waals surface area contributed by atoms with E-state index >= 15 is 0 Å². The summed E-state index contributed by atoms with van der Waals surface area (Å²) in [5.74, 6) is 0.891. The highest BCUT2D eigenvalue weighted by Crippen LogP contribution is 2.30. The molecule has 3 aliphatic rings. The maximum atomic E-state index is 12.9. The maximum absolute atomic E-state index is 12.9. The average Bonchev–Trinajstić information content (AvgIpc) is 3.10. The van der Waals surface area contributed by atoms with Crippen molar-refractivity contribution in [2.24, 2.45) is 11.8 Å². The molecule has 0 N–H and O–H groups in total. The van der Waals surface area contributed by atoms with E-state index in [4.69, 9.17) is 0 Å². The molecule has 0 spiro atoms. The molecule has 2 heterocycles. The minimum Gasteiger partial charge on any atom is -0.340 e. The van der Waals surface area contributed by atoms with Crippen LogP contribution in [0.1, 0.15) is 65.2 Å². The van der Waals surface area contributed by atoms with Gasteiger partial charge in [-0.05, 0) is 64.6 Å². The average molecular weight is 364 g/mol. The van der Waals surface area contributed by atoms with E-state index < -0.39 is 0 Å². The van der Waals surface area contributed by atoms with E-state index in [1.807, 2.05) is 13.8 Å². The fourth-order valence-corrected chi connectivity index (χ4v) is 4.60. The molecule has 1 saturated carbocycles. The smallest absolute Gasteiger partial charge is 0.225 e. The molecule has 26 heavy (non-hydrogen) atoms. The number of likely N-dealkylation sites (tertiary alicyclic amines) is 2. The highest BCUT2D eigenvalue weighted by molar-refractivity contribution is 5.80. The zero-order valence-corrected chi connectivity index (χ0v) is 16.8. The molecule has 0 aromatic rings. The van der Waals surface area contributed by atoms with Gasteiger partial charge in [-0.15, -0.1) is 0 Å². The Kier molecular flexibility index (Phi) is 6.96. The standard InChI is InChI=1S/C21H37N3O2/c1-17(2)20(25)24(15-7-13-22-11-3-4-12-22)19-10-6-14-23(16-19)21(26)18-8-5-9-18/h17-19H,3-16H2,1-2H3/t19-/m0/s1. The molecule has 5 heteroatoms. The summed E-state index contributed by atoms with van der Waals surface area (Å²) in [6.07, 6.45) is 9.06. The van der Waals surface area contributed by atoms with Crippen molar-refractivity contribution >= 4 is 11.8 Å². The van der Waals surface area contributed by atoms with Gasteiger partial charge >= 0.3 is 0 Å². The summed E-state index contributed by atoms with van der Waals surface area (Å²) in [4.78, 5) is 32.2. The van der Waals surface area contributed by atoms with Gasteiger partial charge in [-0.1, -0.05) is 20.3 Å². The summed E-state index contributed by atoms with van der Waals surface area (Å²) < 4.78 is 0. The van der Waals surface area contributed by atoms with Crippen molar-refractivity contribution in [3.8, 4) is 0 Å². The van der Waals surface area contributed by atoms with E-state index in [0.29, 0.717) is 5.91 Å². The molecule has 0 bridgehead atoms. The molecule has 148 valence electrons. The Labute approximate surface area is 159 Å². The molecular weight excluding hydrogens is 326 g/mol. The molecule has 2 amide bonds.